The number of nitrogens with zero attached hydrogens (tertiary/aromatic N) is 6. The number of para-hydroxylation sites is 1. The topological polar surface area (TPSA) is 127 Å². The molecule has 1 aromatic carbocycles. The number of pyridine rings is 1. The Hall–Kier alpha value is -4.58. The third-order valence-corrected chi connectivity index (χ3v) is 10.3. The average Bonchev–Trinajstić information content (AvgIpc) is 3.69. The highest BCUT2D eigenvalue weighted by Crippen LogP contribution is 2.41. The molecule has 4 aromatic rings. The second-order valence-corrected chi connectivity index (χ2v) is 13.7. The Morgan fingerprint density at radius 2 is 2.00 bits per heavy atom. The highest BCUT2D eigenvalue weighted by atomic mass is 19.3. The summed E-state index contributed by atoms with van der Waals surface area (Å²) in [6.07, 6.45) is 0.258. The quantitative estimate of drug-likeness (QED) is 0.287. The van der Waals surface area contributed by atoms with Crippen molar-refractivity contribution < 1.29 is 37.3 Å². The summed E-state index contributed by atoms with van der Waals surface area (Å²) in [6, 6.07) is 7.73. The number of carboxylic acids is 1. The fraction of sp³-hybridized carbons (Fsp3) is 0.500. The van der Waals surface area contributed by atoms with E-state index in [4.69, 9.17) is 23.6 Å². The Kier molecular flexibility index (Phi) is 8.45. The van der Waals surface area contributed by atoms with E-state index in [9.17, 15) is 18.7 Å². The fourth-order valence-electron chi connectivity index (χ4n) is 7.57. The molecule has 4 fully saturated rings. The number of morpholine rings is 1. The molecule has 1 N–H and O–H groups in total. The summed E-state index contributed by atoms with van der Waals surface area (Å²) in [5.41, 5.74) is 1.81. The van der Waals surface area contributed by atoms with Crippen molar-refractivity contribution in [3.63, 3.8) is 0 Å². The SMILES string of the molecule is C[C@@H]1N(c2cc(C#CC3CCCN(C)C3)cnc2O[C@H]2C[C@@H](C(=O)O)N(c3nc(C(F)F)nc4c3oc3ccccc34)C2)CCOC12COC2. The number of carbonyl (C=O) groups is 1. The number of rotatable bonds is 6. The summed E-state index contributed by atoms with van der Waals surface area (Å²) < 4.78 is 52.5. The number of ether oxygens (including phenoxy) is 3. The molecule has 0 saturated carbocycles. The zero-order valence-electron chi connectivity index (χ0n) is 27.8. The van der Waals surface area contributed by atoms with Gasteiger partial charge in [0.15, 0.2) is 17.2 Å². The largest absolute Gasteiger partial charge is 0.480 e. The van der Waals surface area contributed by atoms with Crippen molar-refractivity contribution in [2.24, 2.45) is 5.92 Å². The van der Waals surface area contributed by atoms with Gasteiger partial charge in [-0.05, 0) is 51.6 Å². The monoisotopic (exact) mass is 688 g/mol. The Bertz CT molecular complexity index is 1990. The summed E-state index contributed by atoms with van der Waals surface area (Å²) in [5.74, 6) is 5.53. The maximum absolute atomic E-state index is 14.1. The van der Waals surface area contributed by atoms with Gasteiger partial charge in [0.1, 0.15) is 34.5 Å². The lowest BCUT2D eigenvalue weighted by molar-refractivity contribution is -0.228. The molecule has 8 rings (SSSR count). The molecule has 4 saturated heterocycles. The molecule has 0 radical (unpaired) electrons. The summed E-state index contributed by atoms with van der Waals surface area (Å²) in [5, 5.41) is 10.9. The number of hydrogen-bond donors (Lipinski definition) is 1. The minimum Gasteiger partial charge on any atom is -0.480 e. The lowest BCUT2D eigenvalue weighted by Gasteiger charge is -2.53. The normalized spacial score (nSPS) is 25.2. The number of carboxylic acid groups (broad SMARTS) is 1. The first-order chi connectivity index (χ1) is 24.2. The number of aliphatic carboxylic acids is 1. The van der Waals surface area contributed by atoms with Crippen LogP contribution in [0, 0.1) is 17.8 Å². The number of alkyl halides is 2. The van der Waals surface area contributed by atoms with E-state index in [1.807, 2.05) is 6.07 Å². The second-order valence-electron chi connectivity index (χ2n) is 13.7. The van der Waals surface area contributed by atoms with Gasteiger partial charge >= 0.3 is 5.97 Å². The van der Waals surface area contributed by atoms with Crippen molar-refractivity contribution >= 4 is 39.5 Å². The number of benzene rings is 1. The molecule has 4 atom stereocenters. The molecule has 3 aromatic heterocycles. The Morgan fingerprint density at radius 1 is 1.16 bits per heavy atom. The molecule has 0 aliphatic carbocycles. The van der Waals surface area contributed by atoms with Gasteiger partial charge in [-0.2, -0.15) is 0 Å². The van der Waals surface area contributed by atoms with Crippen molar-refractivity contribution in [1.82, 2.24) is 19.9 Å². The van der Waals surface area contributed by atoms with Crippen LogP contribution in [-0.4, -0.2) is 108 Å². The first kappa shape index (κ1) is 32.6. The van der Waals surface area contributed by atoms with Gasteiger partial charge in [-0.25, -0.2) is 28.5 Å². The predicted molar refractivity (Wildman–Crippen MR) is 180 cm³/mol. The summed E-state index contributed by atoms with van der Waals surface area (Å²) in [6.45, 7) is 6.17. The first-order valence-electron chi connectivity index (χ1n) is 17.0. The van der Waals surface area contributed by atoms with Gasteiger partial charge < -0.3 is 38.4 Å². The van der Waals surface area contributed by atoms with Crippen molar-refractivity contribution in [2.45, 2.75) is 56.4 Å². The highest BCUT2D eigenvalue weighted by Gasteiger charge is 2.50. The lowest BCUT2D eigenvalue weighted by atomic mass is 9.90. The van der Waals surface area contributed by atoms with Gasteiger partial charge in [-0.15, -0.1) is 0 Å². The summed E-state index contributed by atoms with van der Waals surface area (Å²) in [4.78, 5) is 31.6. The third-order valence-electron chi connectivity index (χ3n) is 10.3. The van der Waals surface area contributed by atoms with Crippen LogP contribution in [0.15, 0.2) is 40.9 Å². The molecular weight excluding hydrogens is 650 g/mol. The van der Waals surface area contributed by atoms with Crippen LogP contribution in [0.2, 0.25) is 0 Å². The van der Waals surface area contributed by atoms with Gasteiger partial charge in [0.25, 0.3) is 6.43 Å². The highest BCUT2D eigenvalue weighted by molar-refractivity contribution is 6.06. The van der Waals surface area contributed by atoms with E-state index in [1.54, 1.807) is 30.5 Å². The molecule has 0 amide bonds. The number of likely N-dealkylation sites (tertiary alicyclic amines) is 1. The molecule has 7 heterocycles. The van der Waals surface area contributed by atoms with E-state index in [1.165, 1.54) is 4.90 Å². The van der Waals surface area contributed by atoms with Crippen molar-refractivity contribution in [3.05, 3.63) is 47.9 Å². The smallest absolute Gasteiger partial charge is 0.326 e. The zero-order valence-corrected chi connectivity index (χ0v) is 27.8. The van der Waals surface area contributed by atoms with E-state index < -0.39 is 36.0 Å². The van der Waals surface area contributed by atoms with Crippen LogP contribution in [-0.2, 0) is 14.3 Å². The first-order valence-corrected chi connectivity index (χ1v) is 17.0. The maximum atomic E-state index is 14.1. The number of aromatic nitrogens is 3. The van der Waals surface area contributed by atoms with Crippen molar-refractivity contribution in [1.29, 1.82) is 0 Å². The molecule has 14 heteroatoms. The van der Waals surface area contributed by atoms with Crippen molar-refractivity contribution in [2.75, 3.05) is 62.8 Å². The van der Waals surface area contributed by atoms with Crippen LogP contribution in [0.25, 0.3) is 22.1 Å². The standard InChI is InChI=1S/C36H38F2N6O6/c1-21-36(19-47-20-36)48-13-12-43(21)26-14-23(10-9-22-6-5-11-42(2)17-22)16-39-34(26)49-24-15-27(35(45)46)44(18-24)33-30-29(40-32(41-33)31(37)38)25-7-3-4-8-28(25)50-30/h3-4,7-8,14,16,21-22,24,27,31H,5-6,11-13,15,17-20H2,1-2H3,(H,45,46)/t21-,22?,24-,27-/m0/s1. The van der Waals surface area contributed by atoms with Gasteiger partial charge in [0.2, 0.25) is 5.88 Å². The van der Waals surface area contributed by atoms with E-state index in [2.05, 4.69) is 45.6 Å². The molecule has 1 spiro atoms. The van der Waals surface area contributed by atoms with E-state index >= 15 is 0 Å². The van der Waals surface area contributed by atoms with Crippen LogP contribution < -0.4 is 14.5 Å². The lowest BCUT2D eigenvalue weighted by Crippen LogP contribution is -2.68. The number of anilines is 2. The van der Waals surface area contributed by atoms with E-state index in [0.717, 1.165) is 37.2 Å². The third kappa shape index (κ3) is 5.87. The van der Waals surface area contributed by atoms with Crippen LogP contribution in [0.1, 0.15) is 44.0 Å². The molecular formula is C36H38F2N6O6. The Balaban J connectivity index is 1.14. The van der Waals surface area contributed by atoms with E-state index in [0.29, 0.717) is 43.2 Å². The number of furan rings is 1. The number of fused-ring (bicyclic) bond motifs is 3. The molecule has 0 bridgehead atoms. The Labute approximate surface area is 287 Å². The average molecular weight is 689 g/mol. The maximum Gasteiger partial charge on any atom is 0.326 e. The van der Waals surface area contributed by atoms with Gasteiger partial charge in [-0.1, -0.05) is 24.0 Å². The van der Waals surface area contributed by atoms with Crippen LogP contribution >= 0.6 is 0 Å². The second kappa shape index (κ2) is 12.9. The Morgan fingerprint density at radius 3 is 2.76 bits per heavy atom. The van der Waals surface area contributed by atoms with Crippen LogP contribution in [0.3, 0.4) is 0 Å². The van der Waals surface area contributed by atoms with Crippen molar-refractivity contribution in [3.8, 4) is 17.7 Å². The van der Waals surface area contributed by atoms with E-state index in [-0.39, 0.29) is 41.8 Å². The molecule has 262 valence electrons. The molecule has 50 heavy (non-hydrogen) atoms. The minimum absolute atomic E-state index is 0.0131. The van der Waals surface area contributed by atoms with Crippen LogP contribution in [0.5, 0.6) is 5.88 Å². The van der Waals surface area contributed by atoms with Crippen LogP contribution in [0.4, 0.5) is 20.3 Å². The molecule has 1 unspecified atom stereocenters. The molecule has 4 aliphatic heterocycles. The molecule has 12 nitrogen and oxygen atoms in total. The predicted octanol–water partition coefficient (Wildman–Crippen LogP) is 4.51. The fourth-order valence-corrected chi connectivity index (χ4v) is 7.57. The molecule has 4 aliphatic rings. The summed E-state index contributed by atoms with van der Waals surface area (Å²) >= 11 is 0. The summed E-state index contributed by atoms with van der Waals surface area (Å²) in [7, 11) is 2.11. The van der Waals surface area contributed by atoms with Gasteiger partial charge in [0, 0.05) is 42.6 Å². The van der Waals surface area contributed by atoms with Gasteiger partial charge in [0.05, 0.1) is 32.4 Å². The number of halogens is 2. The zero-order chi connectivity index (χ0) is 34.6. The minimum atomic E-state index is -2.97. The van der Waals surface area contributed by atoms with Gasteiger partial charge in [-0.3, -0.25) is 0 Å². The number of hydrogen-bond acceptors (Lipinski definition) is 11. The number of piperidine rings is 1.